The van der Waals surface area contributed by atoms with E-state index in [1.165, 1.54) is 17.7 Å². The molecule has 4 nitrogen and oxygen atoms in total. The molecule has 39 heavy (non-hydrogen) atoms. The number of thiol groups is 2. The first-order valence-corrected chi connectivity index (χ1v) is 14.7. The zero-order chi connectivity index (χ0) is 29.2. The molecule has 1 aliphatic heterocycles. The normalized spacial score (nSPS) is 21.8. The summed E-state index contributed by atoms with van der Waals surface area (Å²) in [6.45, 7) is 9.82. The summed E-state index contributed by atoms with van der Waals surface area (Å²) in [5, 5.41) is 6.89. The molecule has 1 N–H and O–H groups in total. The highest BCUT2D eigenvalue weighted by atomic mass is 33.1. The van der Waals surface area contributed by atoms with Gasteiger partial charge in [0.05, 0.1) is 0 Å². The van der Waals surface area contributed by atoms with E-state index in [1.54, 1.807) is 18.2 Å². The minimum Gasteiger partial charge on any atom is -0.483 e. The monoisotopic (exact) mass is 575 g/mol. The largest absolute Gasteiger partial charge is 0.483 e. The van der Waals surface area contributed by atoms with Crippen LogP contribution in [0.5, 0.6) is 0 Å². The molecule has 2 atom stereocenters. The van der Waals surface area contributed by atoms with Crippen molar-refractivity contribution in [3.8, 4) is 0 Å². The van der Waals surface area contributed by atoms with Gasteiger partial charge in [-0.15, -0.1) is 23.3 Å². The van der Waals surface area contributed by atoms with Crippen LogP contribution in [-0.2, 0) is 22.4 Å². The van der Waals surface area contributed by atoms with Gasteiger partial charge in [-0.1, -0.05) is 45.6 Å². The van der Waals surface area contributed by atoms with Crippen LogP contribution in [0, 0.1) is 11.6 Å². The average molecular weight is 576 g/mol. The van der Waals surface area contributed by atoms with Crippen LogP contribution in [0.15, 0.2) is 78.0 Å². The third-order valence-corrected chi connectivity index (χ3v) is 7.65. The fourth-order valence-electron chi connectivity index (χ4n) is 5.81. The first-order valence-electron chi connectivity index (χ1n) is 13.1. The van der Waals surface area contributed by atoms with Crippen LogP contribution in [0.25, 0.3) is 0 Å². The van der Waals surface area contributed by atoms with Crippen molar-refractivity contribution in [1.82, 2.24) is 0 Å². The van der Waals surface area contributed by atoms with Crippen LogP contribution in [-0.4, -0.2) is 29.8 Å². The molecule has 2 aromatic carbocycles. The SMILES string of the molecule is C=CC1=C(N(C)c2ccc(F)cc2)C=C2CCC3(CCc4cccc(F)c4CC)OC23C1.CC.O=CO.SS. The number of allylic oxidation sites excluding steroid dienone is 2. The van der Waals surface area contributed by atoms with E-state index >= 15 is 0 Å². The fourth-order valence-corrected chi connectivity index (χ4v) is 5.81. The number of carboxylic acid groups (broad SMARTS) is 1. The molecule has 0 radical (unpaired) electrons. The standard InChI is InChI=1S/C28H29F2NO.C2H6.CH2O2.H2S2/c1-4-19-18-28-21(17-26(19)31(3)23-11-9-22(29)10-12-23)14-16-27(28,32-28)15-13-20-7-6-8-25(30)24(20)5-2;1-2;2-1-3;1-2/h4,6-12,17H,1,5,13-16,18H2,2-3H3;1-2H3;1H,(H,2,3);1-2H. The molecule has 2 fully saturated rings. The van der Waals surface area contributed by atoms with Crippen LogP contribution in [0.2, 0.25) is 0 Å². The van der Waals surface area contributed by atoms with Gasteiger partial charge in [-0.3, -0.25) is 4.79 Å². The Bertz CT molecular complexity index is 1200. The van der Waals surface area contributed by atoms with Crippen LogP contribution < -0.4 is 4.90 Å². The van der Waals surface area contributed by atoms with E-state index in [-0.39, 0.29) is 29.3 Å². The lowest BCUT2D eigenvalue weighted by atomic mass is 9.80. The lowest BCUT2D eigenvalue weighted by Crippen LogP contribution is -2.28. The van der Waals surface area contributed by atoms with Gasteiger partial charge in [0.2, 0.25) is 0 Å². The zero-order valence-corrected chi connectivity index (χ0v) is 24.9. The third-order valence-electron chi connectivity index (χ3n) is 7.65. The number of rotatable bonds is 7. The summed E-state index contributed by atoms with van der Waals surface area (Å²) in [5.74, 6) is -0.346. The Morgan fingerprint density at radius 3 is 2.38 bits per heavy atom. The summed E-state index contributed by atoms with van der Waals surface area (Å²) in [6.07, 6.45) is 9.39. The van der Waals surface area contributed by atoms with Gasteiger partial charge in [-0.05, 0) is 90.8 Å². The minimum absolute atomic E-state index is 0.107. The van der Waals surface area contributed by atoms with Crippen molar-refractivity contribution in [3.05, 3.63) is 101 Å². The van der Waals surface area contributed by atoms with Crippen LogP contribution in [0.4, 0.5) is 14.5 Å². The second-order valence-corrected chi connectivity index (χ2v) is 9.26. The maximum Gasteiger partial charge on any atom is 0.290 e. The van der Waals surface area contributed by atoms with Gasteiger partial charge in [0, 0.05) is 24.9 Å². The molecule has 212 valence electrons. The summed E-state index contributed by atoms with van der Waals surface area (Å²) >= 11 is 6.44. The number of hydrogen-bond acceptors (Lipinski definition) is 5. The van der Waals surface area contributed by atoms with Gasteiger partial charge in [-0.25, -0.2) is 8.78 Å². The van der Waals surface area contributed by atoms with E-state index in [9.17, 15) is 8.78 Å². The number of hydrogen-bond donors (Lipinski definition) is 3. The second kappa shape index (κ2) is 14.7. The van der Waals surface area contributed by atoms with Crippen molar-refractivity contribution in [2.24, 2.45) is 0 Å². The highest BCUT2D eigenvalue weighted by Gasteiger charge is 2.74. The molecule has 2 aromatic rings. The predicted molar refractivity (Wildman–Crippen MR) is 163 cm³/mol. The average Bonchev–Trinajstić information content (AvgIpc) is 3.49. The number of likely N-dealkylation sites (N-methyl/N-ethyl adjacent to an activating group) is 1. The van der Waals surface area contributed by atoms with Crippen LogP contribution in [0.1, 0.15) is 57.6 Å². The maximum absolute atomic E-state index is 14.2. The van der Waals surface area contributed by atoms with Crippen LogP contribution >= 0.6 is 23.3 Å². The van der Waals surface area contributed by atoms with Crippen molar-refractivity contribution < 1.29 is 23.4 Å². The van der Waals surface area contributed by atoms with Crippen molar-refractivity contribution in [1.29, 1.82) is 0 Å². The van der Waals surface area contributed by atoms with E-state index in [1.807, 2.05) is 46.0 Å². The molecule has 2 aliphatic carbocycles. The number of benzene rings is 2. The highest BCUT2D eigenvalue weighted by molar-refractivity contribution is 8.59. The molecule has 0 amide bonds. The summed E-state index contributed by atoms with van der Waals surface area (Å²) in [5.41, 5.74) is 6.02. The molecule has 1 heterocycles. The van der Waals surface area contributed by atoms with E-state index in [0.29, 0.717) is 6.42 Å². The van der Waals surface area contributed by atoms with E-state index in [0.717, 1.165) is 60.2 Å². The van der Waals surface area contributed by atoms with Crippen molar-refractivity contribution in [2.45, 2.75) is 70.5 Å². The Kier molecular flexibility index (Phi) is 12.3. The van der Waals surface area contributed by atoms with Gasteiger partial charge in [0.25, 0.3) is 6.47 Å². The van der Waals surface area contributed by atoms with E-state index in [4.69, 9.17) is 14.6 Å². The molecule has 1 spiro atoms. The quantitative estimate of drug-likeness (QED) is 0.135. The molecule has 2 unspecified atom stereocenters. The smallest absolute Gasteiger partial charge is 0.290 e. The molecule has 1 saturated carbocycles. The van der Waals surface area contributed by atoms with E-state index < -0.39 is 0 Å². The summed E-state index contributed by atoms with van der Waals surface area (Å²) in [4.78, 5) is 10.5. The number of carbonyl (C=O) groups is 1. The maximum atomic E-state index is 14.2. The number of ether oxygens (including phenoxy) is 1. The minimum atomic E-state index is -0.250. The van der Waals surface area contributed by atoms with E-state index in [2.05, 4.69) is 40.9 Å². The van der Waals surface area contributed by atoms with Crippen molar-refractivity contribution >= 4 is 35.5 Å². The summed E-state index contributed by atoms with van der Waals surface area (Å²) in [6, 6.07) is 12.0. The topological polar surface area (TPSA) is 53.1 Å². The molecule has 8 heteroatoms. The fraction of sp³-hybridized carbons (Fsp3) is 0.387. The second-order valence-electron chi connectivity index (χ2n) is 9.26. The molecule has 1 saturated heterocycles. The number of nitrogens with zero attached hydrogens (tertiary/aromatic N) is 1. The lowest BCUT2D eigenvalue weighted by Gasteiger charge is -2.29. The van der Waals surface area contributed by atoms with Gasteiger partial charge in [0.15, 0.2) is 0 Å². The molecule has 0 bridgehead atoms. The first-order chi connectivity index (χ1) is 18.8. The van der Waals surface area contributed by atoms with Crippen molar-refractivity contribution in [3.63, 3.8) is 0 Å². The first kappa shape index (κ1) is 32.7. The van der Waals surface area contributed by atoms with Gasteiger partial charge in [0.1, 0.15) is 22.8 Å². The van der Waals surface area contributed by atoms with Gasteiger partial charge < -0.3 is 14.7 Å². The number of halogens is 2. The zero-order valence-electron chi connectivity index (χ0n) is 23.1. The number of anilines is 1. The van der Waals surface area contributed by atoms with Crippen molar-refractivity contribution in [2.75, 3.05) is 11.9 Å². The summed E-state index contributed by atoms with van der Waals surface area (Å²) in [7, 11) is 2.01. The lowest BCUT2D eigenvalue weighted by molar-refractivity contribution is -0.122. The Labute approximate surface area is 241 Å². The Hall–Kier alpha value is -2.55. The molecular formula is C31H39F2NO3S2. The molecular weight excluding hydrogens is 536 g/mol. The van der Waals surface area contributed by atoms with Gasteiger partial charge >= 0.3 is 0 Å². The van der Waals surface area contributed by atoms with Crippen LogP contribution in [0.3, 0.4) is 0 Å². The predicted octanol–water partition coefficient (Wildman–Crippen LogP) is 8.16. The number of aryl methyl sites for hydroxylation is 1. The Balaban J connectivity index is 0.000000700. The third kappa shape index (κ3) is 6.61. The molecule has 0 aromatic heterocycles. The summed E-state index contributed by atoms with van der Waals surface area (Å²) < 4.78 is 34.1. The number of epoxide rings is 1. The van der Waals surface area contributed by atoms with Gasteiger partial charge in [-0.2, -0.15) is 0 Å². The Morgan fingerprint density at radius 1 is 1.15 bits per heavy atom. The highest BCUT2D eigenvalue weighted by Crippen LogP contribution is 2.68. The molecule has 5 rings (SSSR count). The molecule has 3 aliphatic rings. The Morgan fingerprint density at radius 2 is 1.79 bits per heavy atom.